The highest BCUT2D eigenvalue weighted by Crippen LogP contribution is 2.27. The van der Waals surface area contributed by atoms with Crippen LogP contribution >= 0.6 is 11.3 Å². The number of Topliss-reactive ketones (excluding diaryl/α,β-unsaturated/α-hetero) is 1. The largest absolute Gasteiger partial charge is 0.340 e. The van der Waals surface area contributed by atoms with Crippen molar-refractivity contribution >= 4 is 33.1 Å². The normalized spacial score (nSPS) is 17.3. The Balaban J connectivity index is 1.32. The minimum atomic E-state index is -3.55. The average molecular weight is 433 g/mol. The van der Waals surface area contributed by atoms with E-state index in [4.69, 9.17) is 0 Å². The Bertz CT molecular complexity index is 1010. The van der Waals surface area contributed by atoms with Crippen molar-refractivity contribution in [3.8, 4) is 0 Å². The minimum Gasteiger partial charge on any atom is -0.340 e. The van der Waals surface area contributed by atoms with E-state index >= 15 is 0 Å². The molecule has 1 aromatic carbocycles. The molecule has 4 rings (SSSR count). The summed E-state index contributed by atoms with van der Waals surface area (Å²) in [6.07, 6.45) is 3.38. The fourth-order valence-electron chi connectivity index (χ4n) is 3.97. The van der Waals surface area contributed by atoms with E-state index in [-0.39, 0.29) is 37.6 Å². The van der Waals surface area contributed by atoms with Crippen molar-refractivity contribution in [2.75, 3.05) is 26.2 Å². The van der Waals surface area contributed by atoms with Crippen LogP contribution in [0.1, 0.15) is 40.1 Å². The molecule has 29 heavy (non-hydrogen) atoms. The van der Waals surface area contributed by atoms with Gasteiger partial charge < -0.3 is 4.90 Å². The first-order valence-electron chi connectivity index (χ1n) is 9.91. The number of benzene rings is 1. The number of hydrogen-bond donors (Lipinski definition) is 0. The third kappa shape index (κ3) is 4.29. The van der Waals surface area contributed by atoms with Crippen molar-refractivity contribution in [1.82, 2.24) is 9.21 Å². The molecule has 1 fully saturated rings. The average Bonchev–Trinajstić information content (AvgIpc) is 3.43. The van der Waals surface area contributed by atoms with Gasteiger partial charge >= 0.3 is 0 Å². The molecule has 0 atom stereocenters. The van der Waals surface area contributed by atoms with Crippen LogP contribution < -0.4 is 0 Å². The third-order valence-corrected chi connectivity index (χ3v) is 8.47. The second-order valence-electron chi connectivity index (χ2n) is 7.47. The summed E-state index contributed by atoms with van der Waals surface area (Å²) in [6.45, 7) is 1.28. The Morgan fingerprint density at radius 3 is 2.45 bits per heavy atom. The van der Waals surface area contributed by atoms with Gasteiger partial charge in [-0.2, -0.15) is 4.31 Å². The molecule has 0 saturated carbocycles. The second kappa shape index (κ2) is 8.38. The summed E-state index contributed by atoms with van der Waals surface area (Å²) in [5, 5.41) is 1.84. The van der Waals surface area contributed by atoms with Crippen molar-refractivity contribution in [3.05, 3.63) is 51.7 Å². The molecule has 0 spiro atoms. The van der Waals surface area contributed by atoms with E-state index in [1.54, 1.807) is 17.0 Å². The molecular formula is C21H24N2O4S2. The molecule has 1 saturated heterocycles. The molecule has 2 aliphatic rings. The maximum absolute atomic E-state index is 13.0. The number of hydrogen-bond acceptors (Lipinski definition) is 5. The first-order chi connectivity index (χ1) is 13.9. The summed E-state index contributed by atoms with van der Waals surface area (Å²) < 4.78 is 27.4. The molecule has 154 valence electrons. The Hall–Kier alpha value is -2.03. The summed E-state index contributed by atoms with van der Waals surface area (Å²) in [6, 6.07) is 9.03. The standard InChI is InChI=1S/C21H24N2O4S2/c24-19(20-5-2-14-28-20)8-9-21(25)22-10-12-23(13-11-22)29(26,27)18-7-6-16-3-1-4-17(16)15-18/h2,5-7,14-15H,1,3-4,8-13H2. The molecule has 1 amide bonds. The molecule has 1 aliphatic heterocycles. The lowest BCUT2D eigenvalue weighted by Gasteiger charge is -2.34. The van der Waals surface area contributed by atoms with Gasteiger partial charge in [-0.25, -0.2) is 8.42 Å². The number of carbonyl (C=O) groups is 2. The maximum atomic E-state index is 13.0. The van der Waals surface area contributed by atoms with E-state index in [9.17, 15) is 18.0 Å². The number of nitrogens with zero attached hydrogens (tertiary/aromatic N) is 2. The van der Waals surface area contributed by atoms with Crippen LogP contribution in [0.15, 0.2) is 40.6 Å². The molecule has 0 unspecified atom stereocenters. The van der Waals surface area contributed by atoms with Gasteiger partial charge in [0.1, 0.15) is 0 Å². The van der Waals surface area contributed by atoms with Crippen LogP contribution in [0.2, 0.25) is 0 Å². The Kier molecular flexibility index (Phi) is 5.85. The van der Waals surface area contributed by atoms with Gasteiger partial charge in [0.05, 0.1) is 9.77 Å². The number of aryl methyl sites for hydroxylation is 2. The molecule has 0 bridgehead atoms. The zero-order chi connectivity index (χ0) is 20.4. The summed E-state index contributed by atoms with van der Waals surface area (Å²) >= 11 is 1.38. The SMILES string of the molecule is O=C(CCC(=O)N1CCN(S(=O)(=O)c2ccc3c(c2)CCC3)CC1)c1cccs1. The molecule has 0 N–H and O–H groups in total. The van der Waals surface area contributed by atoms with Crippen LogP contribution in [0, 0.1) is 0 Å². The van der Waals surface area contributed by atoms with Crippen molar-refractivity contribution in [2.24, 2.45) is 0 Å². The van der Waals surface area contributed by atoms with Crippen molar-refractivity contribution < 1.29 is 18.0 Å². The molecule has 2 aromatic rings. The number of fused-ring (bicyclic) bond motifs is 1. The molecule has 0 radical (unpaired) electrons. The number of piperazine rings is 1. The van der Waals surface area contributed by atoms with E-state index in [1.165, 1.54) is 21.2 Å². The number of sulfonamides is 1. The molecule has 2 heterocycles. The van der Waals surface area contributed by atoms with Crippen molar-refractivity contribution in [2.45, 2.75) is 37.0 Å². The van der Waals surface area contributed by atoms with E-state index in [0.717, 1.165) is 24.8 Å². The van der Waals surface area contributed by atoms with Gasteiger partial charge in [-0.05, 0) is 54.0 Å². The van der Waals surface area contributed by atoms with E-state index in [0.29, 0.717) is 22.9 Å². The third-order valence-electron chi connectivity index (χ3n) is 5.66. The van der Waals surface area contributed by atoms with Gasteiger partial charge in [0.2, 0.25) is 15.9 Å². The van der Waals surface area contributed by atoms with Crippen LogP contribution in [-0.2, 0) is 27.7 Å². The summed E-state index contributed by atoms with van der Waals surface area (Å²) in [5.74, 6) is -0.115. The number of rotatable bonds is 6. The fourth-order valence-corrected chi connectivity index (χ4v) is 6.14. The lowest BCUT2D eigenvalue weighted by Crippen LogP contribution is -2.50. The van der Waals surface area contributed by atoms with Gasteiger partial charge in [-0.1, -0.05) is 12.1 Å². The molecule has 8 heteroatoms. The first kappa shape index (κ1) is 20.3. The smallest absolute Gasteiger partial charge is 0.243 e. The monoisotopic (exact) mass is 432 g/mol. The Morgan fingerprint density at radius 1 is 0.966 bits per heavy atom. The van der Waals surface area contributed by atoms with Crippen LogP contribution in [-0.4, -0.2) is 55.5 Å². The topological polar surface area (TPSA) is 74.8 Å². The van der Waals surface area contributed by atoms with Crippen LogP contribution in [0.3, 0.4) is 0 Å². The van der Waals surface area contributed by atoms with Gasteiger partial charge in [0, 0.05) is 39.0 Å². The zero-order valence-electron chi connectivity index (χ0n) is 16.2. The van der Waals surface area contributed by atoms with Crippen molar-refractivity contribution in [1.29, 1.82) is 0 Å². The quantitative estimate of drug-likeness (QED) is 0.658. The minimum absolute atomic E-state index is 0.0221. The van der Waals surface area contributed by atoms with Crippen LogP contribution in [0.4, 0.5) is 0 Å². The molecule has 1 aromatic heterocycles. The highest BCUT2D eigenvalue weighted by atomic mass is 32.2. The lowest BCUT2D eigenvalue weighted by molar-refractivity contribution is -0.132. The molecule has 6 nitrogen and oxygen atoms in total. The van der Waals surface area contributed by atoms with Crippen LogP contribution in [0.5, 0.6) is 0 Å². The van der Waals surface area contributed by atoms with Crippen LogP contribution in [0.25, 0.3) is 0 Å². The van der Waals surface area contributed by atoms with Gasteiger partial charge in [0.25, 0.3) is 0 Å². The fraction of sp³-hybridized carbons (Fsp3) is 0.429. The molecular weight excluding hydrogens is 408 g/mol. The second-order valence-corrected chi connectivity index (χ2v) is 10.4. The van der Waals surface area contributed by atoms with Gasteiger partial charge in [-0.3, -0.25) is 9.59 Å². The number of amides is 1. The Morgan fingerprint density at radius 2 is 1.72 bits per heavy atom. The number of carbonyl (C=O) groups excluding carboxylic acids is 2. The van der Waals surface area contributed by atoms with Gasteiger partial charge in [-0.15, -0.1) is 11.3 Å². The predicted molar refractivity (Wildman–Crippen MR) is 112 cm³/mol. The Labute approximate surface area is 175 Å². The van der Waals surface area contributed by atoms with E-state index in [2.05, 4.69) is 0 Å². The number of ketones is 1. The maximum Gasteiger partial charge on any atom is 0.243 e. The van der Waals surface area contributed by atoms with E-state index in [1.807, 2.05) is 23.6 Å². The zero-order valence-corrected chi connectivity index (χ0v) is 17.8. The van der Waals surface area contributed by atoms with E-state index < -0.39 is 10.0 Å². The first-order valence-corrected chi connectivity index (χ1v) is 12.2. The highest BCUT2D eigenvalue weighted by Gasteiger charge is 2.30. The lowest BCUT2D eigenvalue weighted by atomic mass is 10.1. The van der Waals surface area contributed by atoms with Crippen molar-refractivity contribution in [3.63, 3.8) is 0 Å². The molecule has 1 aliphatic carbocycles. The predicted octanol–water partition coefficient (Wildman–Crippen LogP) is 2.73. The number of thiophene rings is 1. The van der Waals surface area contributed by atoms with Gasteiger partial charge in [0.15, 0.2) is 5.78 Å². The summed E-state index contributed by atoms with van der Waals surface area (Å²) in [4.78, 5) is 27.2. The summed E-state index contributed by atoms with van der Waals surface area (Å²) in [5.41, 5.74) is 2.38. The summed E-state index contributed by atoms with van der Waals surface area (Å²) in [7, 11) is -3.55. The highest BCUT2D eigenvalue weighted by molar-refractivity contribution is 7.89.